The fraction of sp³-hybridized carbons (Fsp3) is 0.533. The third-order valence-corrected chi connectivity index (χ3v) is 3.57. The summed E-state index contributed by atoms with van der Waals surface area (Å²) in [6.07, 6.45) is 0. The number of hydrogen-bond acceptors (Lipinski definition) is 1. The topological polar surface area (TPSA) is 18.8 Å². The van der Waals surface area contributed by atoms with E-state index in [-0.39, 0.29) is 29.4 Å². The molecule has 0 aliphatic heterocycles. The van der Waals surface area contributed by atoms with Crippen LogP contribution in [0.1, 0.15) is 19.4 Å². The number of aliphatic imine (C=N–C) groups is 1. The van der Waals surface area contributed by atoms with Crippen molar-refractivity contribution in [1.82, 2.24) is 9.80 Å². The van der Waals surface area contributed by atoms with Gasteiger partial charge in [0, 0.05) is 38.1 Å². The molecule has 1 aromatic carbocycles. The van der Waals surface area contributed by atoms with Crippen molar-refractivity contribution >= 4 is 45.9 Å². The molecule has 0 N–H and O–H groups in total. The van der Waals surface area contributed by atoms with E-state index in [0.29, 0.717) is 0 Å². The Hall–Kier alpha value is -0.300. The molecule has 1 rings (SSSR count). The van der Waals surface area contributed by atoms with Gasteiger partial charge < -0.3 is 9.80 Å². The second-order valence-electron chi connectivity index (χ2n) is 5.80. The van der Waals surface area contributed by atoms with Crippen molar-refractivity contribution in [3.8, 4) is 0 Å². The second kappa shape index (κ2) is 8.22. The van der Waals surface area contributed by atoms with Gasteiger partial charge in [-0.15, -0.1) is 24.0 Å². The van der Waals surface area contributed by atoms with Crippen LogP contribution in [0.15, 0.2) is 33.7 Å². The molecule has 0 heterocycles. The first-order chi connectivity index (χ1) is 8.74. The van der Waals surface area contributed by atoms with E-state index < -0.39 is 0 Å². The van der Waals surface area contributed by atoms with Crippen molar-refractivity contribution in [3.63, 3.8) is 0 Å². The van der Waals surface area contributed by atoms with Gasteiger partial charge in [0.2, 0.25) is 0 Å². The Bertz CT molecular complexity index is 429. The molecule has 0 fully saturated rings. The third-order valence-electron chi connectivity index (χ3n) is 3.04. The van der Waals surface area contributed by atoms with Gasteiger partial charge in [-0.25, -0.2) is 0 Å². The summed E-state index contributed by atoms with van der Waals surface area (Å²) in [5.41, 5.74) is 1.33. The molecule has 5 heteroatoms. The zero-order valence-corrected chi connectivity index (χ0v) is 17.1. The number of hydrogen-bond donors (Lipinski definition) is 0. The highest BCUT2D eigenvalue weighted by Gasteiger charge is 2.20. The van der Waals surface area contributed by atoms with E-state index in [1.165, 1.54) is 5.56 Å². The predicted octanol–water partition coefficient (Wildman–Crippen LogP) is 3.82. The summed E-state index contributed by atoms with van der Waals surface area (Å²) in [7, 11) is 8.08. The van der Waals surface area contributed by atoms with Crippen LogP contribution in [0.4, 0.5) is 0 Å². The maximum atomic E-state index is 4.75. The lowest BCUT2D eigenvalue weighted by molar-refractivity contribution is 0.464. The molecule has 0 atom stereocenters. The summed E-state index contributed by atoms with van der Waals surface area (Å²) in [5, 5.41) is 0. The predicted molar refractivity (Wildman–Crippen MR) is 102 cm³/mol. The largest absolute Gasteiger partial charge is 0.349 e. The molecule has 0 aromatic heterocycles. The molecule has 0 amide bonds. The van der Waals surface area contributed by atoms with Crippen molar-refractivity contribution in [2.45, 2.75) is 19.3 Å². The first kappa shape index (κ1) is 19.7. The maximum absolute atomic E-state index is 4.75. The van der Waals surface area contributed by atoms with Gasteiger partial charge >= 0.3 is 0 Å². The van der Waals surface area contributed by atoms with Crippen LogP contribution in [0.3, 0.4) is 0 Å². The minimum atomic E-state index is 0. The Labute approximate surface area is 148 Å². The number of halogens is 2. The van der Waals surface area contributed by atoms with E-state index in [2.05, 4.69) is 54.0 Å². The molecular formula is C15H25BrIN3. The number of nitrogens with zero attached hydrogens (tertiary/aromatic N) is 3. The van der Waals surface area contributed by atoms with Gasteiger partial charge in [-0.05, 0) is 17.7 Å². The summed E-state index contributed by atoms with van der Waals surface area (Å²) >= 11 is 3.47. The molecule has 1 aromatic rings. The van der Waals surface area contributed by atoms with Crippen LogP contribution in [-0.2, 0) is 5.41 Å². The lowest BCUT2D eigenvalue weighted by atomic mass is 9.85. The first-order valence-corrected chi connectivity index (χ1v) is 7.18. The van der Waals surface area contributed by atoms with E-state index in [4.69, 9.17) is 4.99 Å². The van der Waals surface area contributed by atoms with Crippen LogP contribution in [0.5, 0.6) is 0 Å². The molecule has 0 aliphatic carbocycles. The lowest BCUT2D eigenvalue weighted by Crippen LogP contribution is -2.36. The molecule has 0 bridgehead atoms. The quantitative estimate of drug-likeness (QED) is 0.393. The Balaban J connectivity index is 0.00000361. The highest BCUT2D eigenvalue weighted by atomic mass is 127. The Kier molecular flexibility index (Phi) is 8.09. The summed E-state index contributed by atoms with van der Waals surface area (Å²) in [6.45, 7) is 5.21. The molecule has 114 valence electrons. The molecule has 0 radical (unpaired) electrons. The summed E-state index contributed by atoms with van der Waals surface area (Å²) in [6, 6.07) is 8.48. The fourth-order valence-corrected chi connectivity index (χ4v) is 2.21. The zero-order valence-electron chi connectivity index (χ0n) is 13.1. The average Bonchev–Trinajstić information content (AvgIpc) is 2.28. The minimum absolute atomic E-state index is 0. The van der Waals surface area contributed by atoms with Crippen molar-refractivity contribution in [2.75, 3.05) is 34.7 Å². The van der Waals surface area contributed by atoms with E-state index in [1.807, 2.05) is 38.0 Å². The monoisotopic (exact) mass is 453 g/mol. The standard InChI is InChI=1S/C15H24BrN3.HI/c1-15(2,12-7-9-13(16)10-8-12)11-17-14(18(3)4)19(5)6;/h7-10H,11H2,1-6H3;1H. The minimum Gasteiger partial charge on any atom is -0.349 e. The Morgan fingerprint density at radius 1 is 1.05 bits per heavy atom. The van der Waals surface area contributed by atoms with Crippen LogP contribution in [-0.4, -0.2) is 50.5 Å². The van der Waals surface area contributed by atoms with Crippen LogP contribution in [0.2, 0.25) is 0 Å². The van der Waals surface area contributed by atoms with Crippen molar-refractivity contribution in [1.29, 1.82) is 0 Å². The highest BCUT2D eigenvalue weighted by Crippen LogP contribution is 2.25. The summed E-state index contributed by atoms with van der Waals surface area (Å²) in [4.78, 5) is 8.83. The van der Waals surface area contributed by atoms with E-state index in [1.54, 1.807) is 0 Å². The highest BCUT2D eigenvalue weighted by molar-refractivity contribution is 14.0. The molecule has 0 saturated heterocycles. The van der Waals surface area contributed by atoms with Gasteiger partial charge in [0.25, 0.3) is 0 Å². The normalized spacial score (nSPS) is 10.6. The van der Waals surface area contributed by atoms with Crippen molar-refractivity contribution in [3.05, 3.63) is 34.3 Å². The summed E-state index contributed by atoms with van der Waals surface area (Å²) < 4.78 is 1.11. The number of benzene rings is 1. The molecule has 0 unspecified atom stereocenters. The van der Waals surface area contributed by atoms with Gasteiger partial charge in [0.1, 0.15) is 0 Å². The van der Waals surface area contributed by atoms with Gasteiger partial charge in [-0.1, -0.05) is 41.9 Å². The van der Waals surface area contributed by atoms with Crippen molar-refractivity contribution < 1.29 is 0 Å². The fourth-order valence-electron chi connectivity index (χ4n) is 1.94. The Morgan fingerprint density at radius 2 is 1.50 bits per heavy atom. The molecule has 20 heavy (non-hydrogen) atoms. The smallest absolute Gasteiger partial charge is 0.195 e. The van der Waals surface area contributed by atoms with E-state index in [0.717, 1.165) is 17.0 Å². The first-order valence-electron chi connectivity index (χ1n) is 6.39. The number of guanidine groups is 1. The van der Waals surface area contributed by atoms with Crippen LogP contribution >= 0.6 is 39.9 Å². The third kappa shape index (κ3) is 5.60. The second-order valence-corrected chi connectivity index (χ2v) is 6.71. The molecular weight excluding hydrogens is 429 g/mol. The zero-order chi connectivity index (χ0) is 14.6. The van der Waals surface area contributed by atoms with Crippen LogP contribution in [0.25, 0.3) is 0 Å². The molecule has 0 spiro atoms. The maximum Gasteiger partial charge on any atom is 0.195 e. The van der Waals surface area contributed by atoms with Gasteiger partial charge in [-0.2, -0.15) is 0 Å². The number of rotatable bonds is 3. The molecule has 0 aliphatic rings. The van der Waals surface area contributed by atoms with Crippen LogP contribution in [0, 0.1) is 0 Å². The molecule has 0 saturated carbocycles. The molecule has 3 nitrogen and oxygen atoms in total. The van der Waals surface area contributed by atoms with Gasteiger partial charge in [-0.3, -0.25) is 4.99 Å². The lowest BCUT2D eigenvalue weighted by Gasteiger charge is -2.27. The summed E-state index contributed by atoms with van der Waals surface area (Å²) in [5.74, 6) is 0.991. The van der Waals surface area contributed by atoms with Gasteiger partial charge in [0.15, 0.2) is 5.96 Å². The van der Waals surface area contributed by atoms with Crippen molar-refractivity contribution in [2.24, 2.45) is 4.99 Å². The van der Waals surface area contributed by atoms with E-state index in [9.17, 15) is 0 Å². The van der Waals surface area contributed by atoms with Crippen LogP contribution < -0.4 is 0 Å². The average molecular weight is 454 g/mol. The Morgan fingerprint density at radius 3 is 1.90 bits per heavy atom. The SMILES string of the molecule is CN(C)C(=NCC(C)(C)c1ccc(Br)cc1)N(C)C.I. The van der Waals surface area contributed by atoms with Gasteiger partial charge in [0.05, 0.1) is 6.54 Å². The van der Waals surface area contributed by atoms with E-state index >= 15 is 0 Å².